The minimum absolute atomic E-state index is 0.0746. The second-order valence-electron chi connectivity index (χ2n) is 3.76. The van der Waals surface area contributed by atoms with Gasteiger partial charge in [0.15, 0.2) is 0 Å². The molecule has 0 saturated carbocycles. The van der Waals surface area contributed by atoms with Crippen molar-refractivity contribution < 1.29 is 27.8 Å². The van der Waals surface area contributed by atoms with Gasteiger partial charge in [-0.1, -0.05) is 13.8 Å². The lowest BCUT2D eigenvalue weighted by Gasteiger charge is -2.32. The van der Waals surface area contributed by atoms with E-state index in [-0.39, 0.29) is 26.1 Å². The monoisotopic (exact) mass is 266 g/mol. The van der Waals surface area contributed by atoms with Gasteiger partial charge >= 0.3 is 11.9 Å². The van der Waals surface area contributed by atoms with Gasteiger partial charge < -0.3 is 9.47 Å². The summed E-state index contributed by atoms with van der Waals surface area (Å²) in [4.78, 5) is 23.0. The lowest BCUT2D eigenvalue weighted by atomic mass is 9.88. The van der Waals surface area contributed by atoms with Crippen LogP contribution in [0.3, 0.4) is 0 Å². The molecule has 0 bridgehead atoms. The molecule has 0 aliphatic rings. The van der Waals surface area contributed by atoms with Crippen molar-refractivity contribution in [3.63, 3.8) is 0 Å². The van der Waals surface area contributed by atoms with Crippen molar-refractivity contribution in [2.24, 2.45) is 0 Å². The molecule has 0 atom stereocenters. The number of esters is 1. The van der Waals surface area contributed by atoms with Crippen LogP contribution >= 0.6 is 0 Å². The number of hydrogen-bond donors (Lipinski definition) is 0. The van der Waals surface area contributed by atoms with Crippen LogP contribution in [0.4, 0.5) is 8.78 Å². The minimum atomic E-state index is -4.17. The maximum Gasteiger partial charge on any atom is 0.402 e. The third kappa shape index (κ3) is 3.25. The molecule has 0 aliphatic heterocycles. The van der Waals surface area contributed by atoms with Crippen LogP contribution in [0, 0.1) is 0 Å². The molecular weight excluding hydrogens is 246 g/mol. The fourth-order valence-electron chi connectivity index (χ4n) is 1.72. The second-order valence-corrected chi connectivity index (χ2v) is 3.76. The first kappa shape index (κ1) is 17.0. The maximum atomic E-state index is 13.7. The van der Waals surface area contributed by atoms with Crippen molar-refractivity contribution in [1.29, 1.82) is 0 Å². The Kier molecular flexibility index (Phi) is 6.38. The van der Waals surface area contributed by atoms with E-state index in [4.69, 9.17) is 4.74 Å². The first-order valence-corrected chi connectivity index (χ1v) is 6.06. The van der Waals surface area contributed by atoms with Crippen LogP contribution in [0.5, 0.6) is 0 Å². The van der Waals surface area contributed by atoms with E-state index in [2.05, 4.69) is 4.74 Å². The zero-order valence-electron chi connectivity index (χ0n) is 11.2. The number of alkyl halides is 2. The Balaban J connectivity index is 5.24. The average molecular weight is 266 g/mol. The Morgan fingerprint density at radius 3 is 1.83 bits per heavy atom. The Labute approximate surface area is 106 Å². The summed E-state index contributed by atoms with van der Waals surface area (Å²) in [6.45, 7) is 6.05. The third-order valence-corrected chi connectivity index (χ3v) is 2.79. The summed E-state index contributed by atoms with van der Waals surface area (Å²) >= 11 is 0. The molecule has 0 fully saturated rings. The van der Waals surface area contributed by atoms with Crippen LogP contribution in [0.1, 0.15) is 40.5 Å². The summed E-state index contributed by atoms with van der Waals surface area (Å²) in [5, 5.41) is 0. The predicted octanol–water partition coefficient (Wildman–Crippen LogP) is 2.35. The van der Waals surface area contributed by atoms with Crippen LogP contribution < -0.4 is 0 Å². The number of ketones is 1. The van der Waals surface area contributed by atoms with Gasteiger partial charge in [0.05, 0.1) is 6.61 Å². The lowest BCUT2D eigenvalue weighted by Crippen LogP contribution is -2.53. The summed E-state index contributed by atoms with van der Waals surface area (Å²) < 4.78 is 36.8. The topological polar surface area (TPSA) is 52.6 Å². The molecule has 0 saturated heterocycles. The highest BCUT2D eigenvalue weighted by Gasteiger charge is 2.57. The molecule has 0 radical (unpaired) electrons. The number of hydrogen-bond acceptors (Lipinski definition) is 4. The molecule has 0 aliphatic carbocycles. The first-order valence-electron chi connectivity index (χ1n) is 6.06. The van der Waals surface area contributed by atoms with Gasteiger partial charge in [-0.25, -0.2) is 4.79 Å². The fraction of sp³-hybridized carbons (Fsp3) is 0.833. The molecule has 4 nitrogen and oxygen atoms in total. The molecule has 0 N–H and O–H groups in total. The van der Waals surface area contributed by atoms with Gasteiger partial charge in [0.1, 0.15) is 5.60 Å². The number of Topliss-reactive ketones (excluding diaryl/α,β-unsaturated/α-hetero) is 1. The maximum absolute atomic E-state index is 13.7. The van der Waals surface area contributed by atoms with E-state index in [9.17, 15) is 18.4 Å². The van der Waals surface area contributed by atoms with E-state index < -0.39 is 23.3 Å². The van der Waals surface area contributed by atoms with E-state index >= 15 is 0 Å². The van der Waals surface area contributed by atoms with Crippen molar-refractivity contribution in [2.45, 2.75) is 52.1 Å². The van der Waals surface area contributed by atoms with Crippen LogP contribution in [0.2, 0.25) is 0 Å². The summed E-state index contributed by atoms with van der Waals surface area (Å²) in [6.07, 6.45) is 0.149. The largest absolute Gasteiger partial charge is 0.461 e. The van der Waals surface area contributed by atoms with E-state index in [0.717, 1.165) is 0 Å². The van der Waals surface area contributed by atoms with Gasteiger partial charge in [-0.2, -0.15) is 8.78 Å². The van der Waals surface area contributed by atoms with Gasteiger partial charge in [-0.3, -0.25) is 4.79 Å². The highest BCUT2D eigenvalue weighted by Crippen LogP contribution is 2.31. The van der Waals surface area contributed by atoms with E-state index in [1.54, 1.807) is 20.8 Å². The Morgan fingerprint density at radius 1 is 1.00 bits per heavy atom. The van der Waals surface area contributed by atoms with Crippen molar-refractivity contribution in [1.82, 2.24) is 0 Å². The van der Waals surface area contributed by atoms with Gasteiger partial charge in [0.25, 0.3) is 0 Å². The number of halogens is 2. The van der Waals surface area contributed by atoms with Crippen LogP contribution in [0.25, 0.3) is 0 Å². The van der Waals surface area contributed by atoms with E-state index in [1.807, 2.05) is 0 Å². The van der Waals surface area contributed by atoms with E-state index in [1.165, 1.54) is 6.92 Å². The summed E-state index contributed by atoms with van der Waals surface area (Å²) in [5.74, 6) is -7.52. The highest BCUT2D eigenvalue weighted by molar-refractivity contribution is 6.09. The standard InChI is InChI=1S/C12H20F2O4/c1-5-11(6-2,18-8-4)9(15)12(13,14)10(16)17-7-3/h5-8H2,1-4H3. The molecule has 18 heavy (non-hydrogen) atoms. The first-order chi connectivity index (χ1) is 8.32. The van der Waals surface area contributed by atoms with Crippen LogP contribution in [-0.2, 0) is 19.1 Å². The van der Waals surface area contributed by atoms with Crippen molar-refractivity contribution in [2.75, 3.05) is 13.2 Å². The SMILES string of the molecule is CCOC(=O)C(F)(F)C(=O)C(CC)(CC)OCC. The Hall–Kier alpha value is -1.04. The zero-order valence-corrected chi connectivity index (χ0v) is 11.2. The number of carbonyl (C=O) groups excluding carboxylic acids is 2. The van der Waals surface area contributed by atoms with Crippen molar-refractivity contribution in [3.8, 4) is 0 Å². The molecule has 0 aromatic carbocycles. The molecule has 0 spiro atoms. The van der Waals surface area contributed by atoms with Gasteiger partial charge in [-0.15, -0.1) is 0 Å². The number of carbonyl (C=O) groups is 2. The van der Waals surface area contributed by atoms with Gasteiger partial charge in [0, 0.05) is 6.61 Å². The Morgan fingerprint density at radius 2 is 1.50 bits per heavy atom. The number of rotatable bonds is 8. The van der Waals surface area contributed by atoms with Crippen LogP contribution in [-0.4, -0.2) is 36.5 Å². The average Bonchev–Trinajstić information content (AvgIpc) is 2.35. The normalized spacial score (nSPS) is 12.3. The minimum Gasteiger partial charge on any atom is -0.461 e. The van der Waals surface area contributed by atoms with E-state index in [0.29, 0.717) is 0 Å². The molecule has 0 aromatic heterocycles. The van der Waals surface area contributed by atoms with Crippen LogP contribution in [0.15, 0.2) is 0 Å². The smallest absolute Gasteiger partial charge is 0.402 e. The molecule has 0 amide bonds. The molecule has 0 unspecified atom stereocenters. The zero-order chi connectivity index (χ0) is 14.4. The molecule has 0 rings (SSSR count). The molecule has 6 heteroatoms. The summed E-state index contributed by atoms with van der Waals surface area (Å²) in [5.41, 5.74) is -1.63. The summed E-state index contributed by atoms with van der Waals surface area (Å²) in [6, 6.07) is 0. The highest BCUT2D eigenvalue weighted by atomic mass is 19.3. The Bertz CT molecular complexity index is 298. The summed E-state index contributed by atoms with van der Waals surface area (Å²) in [7, 11) is 0. The number of ether oxygens (including phenoxy) is 2. The molecule has 106 valence electrons. The van der Waals surface area contributed by atoms with Gasteiger partial charge in [-0.05, 0) is 26.7 Å². The van der Waals surface area contributed by atoms with Gasteiger partial charge in [0.2, 0.25) is 5.78 Å². The fourth-order valence-corrected chi connectivity index (χ4v) is 1.72. The molecule has 0 aromatic rings. The lowest BCUT2D eigenvalue weighted by molar-refractivity contribution is -0.189. The second kappa shape index (κ2) is 6.78. The quantitative estimate of drug-likeness (QED) is 0.500. The van der Waals surface area contributed by atoms with Crippen molar-refractivity contribution in [3.05, 3.63) is 0 Å². The molecule has 0 heterocycles. The third-order valence-electron chi connectivity index (χ3n) is 2.79. The predicted molar refractivity (Wildman–Crippen MR) is 61.5 cm³/mol. The van der Waals surface area contributed by atoms with Crippen molar-refractivity contribution >= 4 is 11.8 Å². The molecular formula is C12H20F2O4.